The molecule has 3 aliphatic rings. The predicted molar refractivity (Wildman–Crippen MR) is 128 cm³/mol. The fourth-order valence-electron chi connectivity index (χ4n) is 6.21. The van der Waals surface area contributed by atoms with E-state index in [9.17, 15) is 9.59 Å². The Hall–Kier alpha value is -2.47. The second kappa shape index (κ2) is 8.08. The zero-order chi connectivity index (χ0) is 23.5. The molecule has 0 bridgehead atoms. The number of amides is 2. The van der Waals surface area contributed by atoms with Crippen molar-refractivity contribution in [2.45, 2.75) is 66.1 Å². The number of hydrogen-bond acceptors (Lipinski definition) is 4. The van der Waals surface area contributed by atoms with Gasteiger partial charge in [0, 0.05) is 43.2 Å². The minimum absolute atomic E-state index is 0.0852. The van der Waals surface area contributed by atoms with Gasteiger partial charge in [0.1, 0.15) is 0 Å². The molecule has 0 N–H and O–H groups in total. The van der Waals surface area contributed by atoms with Crippen molar-refractivity contribution >= 4 is 22.7 Å². The number of carbonyl (C=O) groups excluding carboxylic acids is 2. The molecular formula is C27H35N3O3. The Morgan fingerprint density at radius 1 is 1.00 bits per heavy atom. The van der Waals surface area contributed by atoms with E-state index in [1.54, 1.807) is 0 Å². The minimum Gasteiger partial charge on any atom is -0.372 e. The van der Waals surface area contributed by atoms with E-state index in [0.717, 1.165) is 52.5 Å². The molecule has 2 amide bonds. The van der Waals surface area contributed by atoms with E-state index in [1.807, 2.05) is 36.6 Å². The summed E-state index contributed by atoms with van der Waals surface area (Å²) in [5, 5.41) is 0.964. The van der Waals surface area contributed by atoms with Crippen LogP contribution in [0.15, 0.2) is 18.2 Å². The molecule has 6 heteroatoms. The van der Waals surface area contributed by atoms with Gasteiger partial charge in [-0.1, -0.05) is 6.07 Å². The van der Waals surface area contributed by atoms with E-state index >= 15 is 0 Å². The van der Waals surface area contributed by atoms with Crippen LogP contribution in [0.5, 0.6) is 0 Å². The largest absolute Gasteiger partial charge is 0.372 e. The molecule has 1 aromatic carbocycles. The number of fused-ring (bicyclic) bond motifs is 1. The van der Waals surface area contributed by atoms with Gasteiger partial charge in [0.25, 0.3) is 5.91 Å². The highest BCUT2D eigenvalue weighted by Crippen LogP contribution is 2.60. The van der Waals surface area contributed by atoms with E-state index in [-0.39, 0.29) is 29.4 Å². The summed E-state index contributed by atoms with van der Waals surface area (Å²) >= 11 is 0. The Morgan fingerprint density at radius 2 is 1.67 bits per heavy atom. The van der Waals surface area contributed by atoms with E-state index < -0.39 is 0 Å². The van der Waals surface area contributed by atoms with Gasteiger partial charge in [0.15, 0.2) is 0 Å². The third-order valence-electron chi connectivity index (χ3n) is 7.87. The zero-order valence-corrected chi connectivity index (χ0v) is 20.5. The molecule has 2 aliphatic heterocycles. The first-order valence-electron chi connectivity index (χ1n) is 12.3. The van der Waals surface area contributed by atoms with Crippen molar-refractivity contribution in [2.75, 3.05) is 26.2 Å². The maximum Gasteiger partial charge on any atom is 0.254 e. The number of nitrogens with zero attached hydrogens (tertiary/aromatic N) is 3. The van der Waals surface area contributed by atoms with Gasteiger partial charge in [-0.3, -0.25) is 14.6 Å². The van der Waals surface area contributed by atoms with Crippen molar-refractivity contribution in [3.63, 3.8) is 0 Å². The number of hydrogen-bond donors (Lipinski definition) is 0. The van der Waals surface area contributed by atoms with Crippen LogP contribution < -0.4 is 0 Å². The lowest BCUT2D eigenvalue weighted by atomic mass is 9.89. The van der Waals surface area contributed by atoms with Crippen LogP contribution in [0, 0.1) is 32.1 Å². The van der Waals surface area contributed by atoms with Crippen molar-refractivity contribution in [1.82, 2.24) is 14.8 Å². The lowest BCUT2D eigenvalue weighted by Gasteiger charge is -2.37. The molecular weight excluding hydrogens is 414 g/mol. The highest BCUT2D eigenvalue weighted by molar-refractivity contribution is 6.07. The second-order valence-corrected chi connectivity index (χ2v) is 10.7. The van der Waals surface area contributed by atoms with E-state index in [0.29, 0.717) is 32.1 Å². The van der Waals surface area contributed by atoms with Crippen LogP contribution in [0.4, 0.5) is 0 Å². The van der Waals surface area contributed by atoms with Gasteiger partial charge in [-0.15, -0.1) is 0 Å². The van der Waals surface area contributed by atoms with Gasteiger partial charge in [-0.25, -0.2) is 0 Å². The van der Waals surface area contributed by atoms with Crippen molar-refractivity contribution < 1.29 is 14.3 Å². The van der Waals surface area contributed by atoms with Crippen LogP contribution in [0.2, 0.25) is 0 Å². The number of aromatic nitrogens is 1. The summed E-state index contributed by atoms with van der Waals surface area (Å²) in [6.45, 7) is 13.0. The number of rotatable bonds is 2. The zero-order valence-electron chi connectivity index (χ0n) is 20.5. The molecule has 6 nitrogen and oxygen atoms in total. The number of carbonyl (C=O) groups is 2. The van der Waals surface area contributed by atoms with Crippen LogP contribution in [0.1, 0.15) is 60.3 Å². The number of piperidine rings is 1. The Balaban J connectivity index is 1.29. The third-order valence-corrected chi connectivity index (χ3v) is 7.87. The maximum atomic E-state index is 13.6. The topological polar surface area (TPSA) is 62.7 Å². The lowest BCUT2D eigenvalue weighted by Crippen LogP contribution is -2.49. The highest BCUT2D eigenvalue weighted by atomic mass is 16.5. The first-order chi connectivity index (χ1) is 15.7. The summed E-state index contributed by atoms with van der Waals surface area (Å²) in [7, 11) is 0. The van der Waals surface area contributed by atoms with Gasteiger partial charge >= 0.3 is 0 Å². The second-order valence-electron chi connectivity index (χ2n) is 10.7. The first kappa shape index (κ1) is 22.3. The van der Waals surface area contributed by atoms with Crippen molar-refractivity contribution in [1.29, 1.82) is 0 Å². The van der Waals surface area contributed by atoms with Gasteiger partial charge in [-0.2, -0.15) is 0 Å². The van der Waals surface area contributed by atoms with Gasteiger partial charge in [-0.05, 0) is 82.6 Å². The predicted octanol–water partition coefficient (Wildman–Crippen LogP) is 4.04. The Morgan fingerprint density at radius 3 is 2.33 bits per heavy atom. The number of ether oxygens (including phenoxy) is 1. The standard InChI is InChI=1S/C27H35N3O3/c1-16-10-17(2)24-21(12-18(3)28-23(24)11-16)25(31)29-8-6-27(7-9-29)13-22(27)26(32)30-14-19(4)33-20(5)15-30/h10-12,19-20,22H,6-9,13-15H2,1-5H3/t19-,20+,22-/m0/s1. The summed E-state index contributed by atoms with van der Waals surface area (Å²) in [5.41, 5.74) is 4.85. The number of pyridine rings is 1. The molecule has 0 unspecified atom stereocenters. The van der Waals surface area contributed by atoms with Crippen molar-refractivity contribution in [3.8, 4) is 0 Å². The minimum atomic E-state index is 0.0852. The Labute approximate surface area is 196 Å². The maximum absolute atomic E-state index is 13.6. The average molecular weight is 450 g/mol. The van der Waals surface area contributed by atoms with Gasteiger partial charge in [0.2, 0.25) is 5.91 Å². The molecule has 2 saturated heterocycles. The number of morpholine rings is 1. The highest BCUT2D eigenvalue weighted by Gasteiger charge is 2.59. The van der Waals surface area contributed by atoms with Crippen LogP contribution >= 0.6 is 0 Å². The summed E-state index contributed by atoms with van der Waals surface area (Å²) in [6, 6.07) is 6.11. The fourth-order valence-corrected chi connectivity index (χ4v) is 6.21. The molecule has 5 rings (SSSR count). The fraction of sp³-hybridized carbons (Fsp3) is 0.593. The molecule has 3 atom stereocenters. The van der Waals surface area contributed by atoms with Crippen LogP contribution in [0.25, 0.3) is 10.9 Å². The van der Waals surface area contributed by atoms with E-state index in [4.69, 9.17) is 4.74 Å². The number of benzene rings is 1. The molecule has 1 spiro atoms. The van der Waals surface area contributed by atoms with Crippen LogP contribution in [0.3, 0.4) is 0 Å². The summed E-state index contributed by atoms with van der Waals surface area (Å²) in [6.07, 6.45) is 2.97. The van der Waals surface area contributed by atoms with E-state index in [2.05, 4.69) is 31.0 Å². The molecule has 3 fully saturated rings. The SMILES string of the molecule is Cc1cc(C)c2c(C(=O)N3CCC4(CC3)C[C@H]4C(=O)N3C[C@@H](C)O[C@@H](C)C3)cc(C)nc2c1. The smallest absolute Gasteiger partial charge is 0.254 e. The van der Waals surface area contributed by atoms with Crippen molar-refractivity contribution in [3.05, 3.63) is 40.6 Å². The summed E-state index contributed by atoms with van der Waals surface area (Å²) in [4.78, 5) is 35.4. The van der Waals surface area contributed by atoms with Crippen LogP contribution in [-0.2, 0) is 9.53 Å². The Bertz CT molecular complexity index is 1100. The molecule has 1 aromatic heterocycles. The third kappa shape index (κ3) is 4.03. The molecule has 3 heterocycles. The van der Waals surface area contributed by atoms with Crippen LogP contribution in [-0.4, -0.2) is 65.0 Å². The van der Waals surface area contributed by atoms with E-state index in [1.165, 1.54) is 0 Å². The first-order valence-corrected chi connectivity index (χ1v) is 12.3. The lowest BCUT2D eigenvalue weighted by molar-refractivity contribution is -0.145. The number of likely N-dealkylation sites (tertiary alicyclic amines) is 1. The molecule has 0 radical (unpaired) electrons. The summed E-state index contributed by atoms with van der Waals surface area (Å²) in [5.74, 6) is 0.492. The molecule has 1 saturated carbocycles. The van der Waals surface area contributed by atoms with Gasteiger partial charge in [0.05, 0.1) is 23.3 Å². The molecule has 33 heavy (non-hydrogen) atoms. The summed E-state index contributed by atoms with van der Waals surface area (Å²) < 4.78 is 5.80. The van der Waals surface area contributed by atoms with Gasteiger partial charge < -0.3 is 14.5 Å². The monoisotopic (exact) mass is 449 g/mol. The van der Waals surface area contributed by atoms with Crippen molar-refractivity contribution in [2.24, 2.45) is 11.3 Å². The molecule has 1 aliphatic carbocycles. The Kier molecular flexibility index (Phi) is 5.47. The number of aryl methyl sites for hydroxylation is 3. The molecule has 2 aromatic rings. The normalized spacial score (nSPS) is 26.6. The average Bonchev–Trinajstić information content (AvgIpc) is 3.44. The molecule has 176 valence electrons. The quantitative estimate of drug-likeness (QED) is 0.694.